The molecule has 1 aromatic heterocycles. The SMILES string of the molecule is C=C1[C@@H](O)C[C@H]2C(C)(C)CCC[C@]2(C)[C@H]1C[C@@H]1C(C)=CC[C@H]2C(=O)C(OC)=CC(=O)[C@@]12c1cc(=O)c2c(O)cc(O)cc2o1. The number of phenolic OH excluding ortho intramolecular Hbond substituents is 2. The van der Waals surface area contributed by atoms with Crippen LogP contribution in [0.25, 0.3) is 11.0 Å². The fraction of sp³-hybridized carbons (Fsp3) is 0.528. The lowest BCUT2D eigenvalue weighted by Crippen LogP contribution is -2.58. The highest BCUT2D eigenvalue weighted by atomic mass is 16.5. The molecule has 2 saturated carbocycles. The van der Waals surface area contributed by atoms with Crippen molar-refractivity contribution in [1.82, 2.24) is 0 Å². The Balaban J connectivity index is 1.60. The quantitative estimate of drug-likeness (QED) is 0.370. The summed E-state index contributed by atoms with van der Waals surface area (Å²) in [6.07, 6.45) is 6.85. The van der Waals surface area contributed by atoms with Crippen molar-refractivity contribution >= 4 is 22.5 Å². The van der Waals surface area contributed by atoms with Crippen molar-refractivity contribution in [1.29, 1.82) is 0 Å². The number of rotatable bonds is 4. The molecular formula is C36H42O8. The summed E-state index contributed by atoms with van der Waals surface area (Å²) in [6.45, 7) is 13.2. The molecule has 8 nitrogen and oxygen atoms in total. The van der Waals surface area contributed by atoms with Gasteiger partial charge in [-0.15, -0.1) is 0 Å². The van der Waals surface area contributed by atoms with Crippen molar-refractivity contribution in [3.8, 4) is 11.5 Å². The van der Waals surface area contributed by atoms with Gasteiger partial charge in [0.15, 0.2) is 17.0 Å². The topological polar surface area (TPSA) is 134 Å². The molecule has 4 aliphatic carbocycles. The fourth-order valence-corrected chi connectivity index (χ4v) is 9.68. The van der Waals surface area contributed by atoms with Crippen LogP contribution in [0.4, 0.5) is 0 Å². The molecule has 0 radical (unpaired) electrons. The van der Waals surface area contributed by atoms with E-state index in [1.165, 1.54) is 25.3 Å². The molecule has 0 bridgehead atoms. The van der Waals surface area contributed by atoms with E-state index in [0.29, 0.717) is 12.8 Å². The number of methoxy groups -OCH3 is 1. The second-order valence-corrected chi connectivity index (χ2v) is 14.4. The van der Waals surface area contributed by atoms with Gasteiger partial charge < -0.3 is 24.5 Å². The second kappa shape index (κ2) is 10.2. The zero-order chi connectivity index (χ0) is 31.9. The minimum Gasteiger partial charge on any atom is -0.508 e. The minimum absolute atomic E-state index is 0.00642. The van der Waals surface area contributed by atoms with Crippen molar-refractivity contribution < 1.29 is 34.1 Å². The van der Waals surface area contributed by atoms with E-state index >= 15 is 0 Å². The molecule has 2 aromatic rings. The van der Waals surface area contributed by atoms with E-state index < -0.39 is 40.3 Å². The van der Waals surface area contributed by atoms with Crippen LogP contribution in [0.15, 0.2) is 63.0 Å². The Labute approximate surface area is 257 Å². The Morgan fingerprint density at radius 1 is 1.07 bits per heavy atom. The first kappa shape index (κ1) is 30.4. The van der Waals surface area contributed by atoms with Crippen molar-refractivity contribution in [2.24, 2.45) is 34.5 Å². The van der Waals surface area contributed by atoms with E-state index in [1.807, 2.05) is 13.0 Å². The van der Waals surface area contributed by atoms with Crippen molar-refractivity contribution in [3.05, 3.63) is 69.8 Å². The number of ether oxygens (including phenoxy) is 1. The number of benzene rings is 1. The molecule has 1 heterocycles. The molecule has 0 aliphatic heterocycles. The molecule has 0 saturated heterocycles. The van der Waals surface area contributed by atoms with Crippen LogP contribution in [0.3, 0.4) is 0 Å². The number of carbonyl (C=O) groups is 2. The number of carbonyl (C=O) groups excluding carboxylic acids is 2. The first-order valence-electron chi connectivity index (χ1n) is 15.5. The highest BCUT2D eigenvalue weighted by Gasteiger charge is 2.63. The summed E-state index contributed by atoms with van der Waals surface area (Å²) in [5.41, 5.74) is -0.825. The highest BCUT2D eigenvalue weighted by Crippen LogP contribution is 2.64. The Kier molecular flexibility index (Phi) is 7.04. The number of Topliss-reactive ketones (excluding diaryl/α,β-unsaturated/α-hetero) is 1. The first-order chi connectivity index (χ1) is 20.7. The van der Waals surface area contributed by atoms with Gasteiger partial charge in [0.1, 0.15) is 33.6 Å². The van der Waals surface area contributed by atoms with Gasteiger partial charge in [-0.05, 0) is 67.3 Å². The van der Waals surface area contributed by atoms with E-state index in [2.05, 4.69) is 27.4 Å². The van der Waals surface area contributed by atoms with Gasteiger partial charge in [-0.3, -0.25) is 14.4 Å². The predicted molar refractivity (Wildman–Crippen MR) is 165 cm³/mol. The van der Waals surface area contributed by atoms with Gasteiger partial charge in [0.05, 0.1) is 13.2 Å². The number of hydrogen-bond donors (Lipinski definition) is 3. The first-order valence-corrected chi connectivity index (χ1v) is 15.5. The lowest BCUT2D eigenvalue weighted by molar-refractivity contribution is -0.139. The van der Waals surface area contributed by atoms with Gasteiger partial charge in [-0.25, -0.2) is 0 Å². The molecule has 2 fully saturated rings. The summed E-state index contributed by atoms with van der Waals surface area (Å²) in [5.74, 6) is -2.97. The third-order valence-corrected chi connectivity index (χ3v) is 11.9. The average molecular weight is 603 g/mol. The largest absolute Gasteiger partial charge is 0.508 e. The van der Waals surface area contributed by atoms with Gasteiger partial charge in [0.25, 0.3) is 0 Å². The lowest BCUT2D eigenvalue weighted by atomic mass is 9.44. The van der Waals surface area contributed by atoms with E-state index in [9.17, 15) is 29.7 Å². The summed E-state index contributed by atoms with van der Waals surface area (Å²) >= 11 is 0. The third kappa shape index (κ3) is 4.16. The highest BCUT2D eigenvalue weighted by molar-refractivity contribution is 6.14. The molecule has 0 amide bonds. The van der Waals surface area contributed by atoms with Crippen LogP contribution in [-0.4, -0.2) is 40.1 Å². The van der Waals surface area contributed by atoms with Crippen LogP contribution in [-0.2, 0) is 19.7 Å². The number of allylic oxidation sites excluding steroid dienone is 4. The number of aromatic hydroxyl groups is 2. The molecule has 1 aromatic carbocycles. The third-order valence-electron chi connectivity index (χ3n) is 11.9. The number of fused-ring (bicyclic) bond motifs is 3. The summed E-state index contributed by atoms with van der Waals surface area (Å²) < 4.78 is 11.7. The smallest absolute Gasteiger partial charge is 0.202 e. The van der Waals surface area contributed by atoms with Crippen molar-refractivity contribution in [3.63, 3.8) is 0 Å². The van der Waals surface area contributed by atoms with E-state index in [0.717, 1.165) is 36.5 Å². The maximum atomic E-state index is 14.6. The van der Waals surface area contributed by atoms with Crippen LogP contribution in [0.2, 0.25) is 0 Å². The van der Waals surface area contributed by atoms with Gasteiger partial charge in [-0.1, -0.05) is 45.4 Å². The minimum atomic E-state index is -1.59. The molecule has 4 aliphatic rings. The molecule has 3 N–H and O–H groups in total. The number of ketones is 2. The summed E-state index contributed by atoms with van der Waals surface area (Å²) in [7, 11) is 1.35. The van der Waals surface area contributed by atoms with Gasteiger partial charge in [0, 0.05) is 36.1 Å². The van der Waals surface area contributed by atoms with Crippen LogP contribution < -0.4 is 5.43 Å². The summed E-state index contributed by atoms with van der Waals surface area (Å²) in [5, 5.41) is 31.9. The monoisotopic (exact) mass is 602 g/mol. The van der Waals surface area contributed by atoms with Crippen LogP contribution in [0.5, 0.6) is 11.5 Å². The molecule has 8 heteroatoms. The fourth-order valence-electron chi connectivity index (χ4n) is 9.68. The lowest BCUT2D eigenvalue weighted by Gasteiger charge is -2.60. The zero-order valence-electron chi connectivity index (χ0n) is 26.1. The molecular weight excluding hydrogens is 560 g/mol. The molecule has 0 unspecified atom stereocenters. The maximum Gasteiger partial charge on any atom is 0.202 e. The molecule has 7 atom stereocenters. The Morgan fingerprint density at radius 3 is 2.50 bits per heavy atom. The van der Waals surface area contributed by atoms with E-state index in [4.69, 9.17) is 9.15 Å². The van der Waals surface area contributed by atoms with Crippen LogP contribution in [0.1, 0.15) is 72.0 Å². The van der Waals surface area contributed by atoms with Crippen LogP contribution in [0, 0.1) is 34.5 Å². The van der Waals surface area contributed by atoms with Crippen LogP contribution >= 0.6 is 0 Å². The second-order valence-electron chi connectivity index (χ2n) is 14.4. The Morgan fingerprint density at radius 2 is 1.80 bits per heavy atom. The van der Waals surface area contributed by atoms with Crippen molar-refractivity contribution in [2.75, 3.05) is 7.11 Å². The summed E-state index contributed by atoms with van der Waals surface area (Å²) in [6, 6.07) is 3.50. The Bertz CT molecular complexity index is 1710. The van der Waals surface area contributed by atoms with Gasteiger partial charge >= 0.3 is 0 Å². The van der Waals surface area contributed by atoms with Gasteiger partial charge in [0.2, 0.25) is 5.78 Å². The Hall–Kier alpha value is -3.65. The van der Waals surface area contributed by atoms with Crippen molar-refractivity contribution in [2.45, 2.75) is 77.7 Å². The number of aliphatic hydroxyl groups is 1. The van der Waals surface area contributed by atoms with Gasteiger partial charge in [-0.2, -0.15) is 0 Å². The molecule has 234 valence electrons. The number of aliphatic hydroxyl groups excluding tert-OH is 1. The molecule has 44 heavy (non-hydrogen) atoms. The van der Waals surface area contributed by atoms with E-state index in [-0.39, 0.29) is 63.1 Å². The number of phenols is 2. The molecule has 0 spiro atoms. The average Bonchev–Trinajstić information content (AvgIpc) is 2.94. The predicted octanol–water partition coefficient (Wildman–Crippen LogP) is 5.87. The summed E-state index contributed by atoms with van der Waals surface area (Å²) in [4.78, 5) is 42.1. The maximum absolute atomic E-state index is 14.6. The normalized spacial score (nSPS) is 35.0. The number of hydrogen-bond acceptors (Lipinski definition) is 8. The molecule has 6 rings (SSSR count). The standard InChI is InChI=1S/C36H42O8/c1-18-8-9-21-33(42)28(43-6)17-30(41)36(21,31-16-26(40)32-25(39)12-20(37)13-27(32)44-31)22(18)14-23-19(2)24(38)15-29-34(3,4)10-7-11-35(23,29)5/h8,12-13,16-17,21-24,29,37-39H,2,7,9-11,14-15H2,1,3-6H3/t21-,22+,23-,24-,29-,35+,36-/m0/s1. The zero-order valence-corrected chi connectivity index (χ0v) is 26.1. The van der Waals surface area contributed by atoms with E-state index in [1.54, 1.807) is 0 Å².